The van der Waals surface area contributed by atoms with Crippen molar-refractivity contribution in [2.75, 3.05) is 5.32 Å². The van der Waals surface area contributed by atoms with Crippen LogP contribution in [0.5, 0.6) is 0 Å². The second kappa shape index (κ2) is 7.67. The average Bonchev–Trinajstić information content (AvgIpc) is 3.14. The Morgan fingerprint density at radius 2 is 2.04 bits per heavy atom. The first-order chi connectivity index (χ1) is 12.7. The van der Waals surface area contributed by atoms with E-state index in [4.69, 9.17) is 23.2 Å². The van der Waals surface area contributed by atoms with Crippen molar-refractivity contribution < 1.29 is 9.72 Å². The first kappa shape index (κ1) is 19.3. The predicted molar refractivity (Wildman–Crippen MR) is 103 cm³/mol. The molecule has 0 saturated carbocycles. The molecular formula is C15H11BrCl2N6O3. The lowest BCUT2D eigenvalue weighted by atomic mass is 10.2. The Kier molecular flexibility index (Phi) is 5.49. The molecule has 0 fully saturated rings. The molecule has 0 atom stereocenters. The zero-order valence-electron chi connectivity index (χ0n) is 13.7. The Morgan fingerprint density at radius 1 is 1.30 bits per heavy atom. The van der Waals surface area contributed by atoms with Crippen molar-refractivity contribution in [2.24, 2.45) is 7.05 Å². The van der Waals surface area contributed by atoms with Crippen LogP contribution in [0.15, 0.2) is 35.1 Å². The largest absolute Gasteiger partial charge is 0.320 e. The lowest BCUT2D eigenvalue weighted by Crippen LogP contribution is -2.15. The summed E-state index contributed by atoms with van der Waals surface area (Å²) in [4.78, 5) is 22.7. The molecule has 0 aliphatic heterocycles. The number of carbonyl (C=O) groups is 1. The summed E-state index contributed by atoms with van der Waals surface area (Å²) < 4.78 is 3.28. The van der Waals surface area contributed by atoms with E-state index in [1.54, 1.807) is 29.1 Å². The summed E-state index contributed by atoms with van der Waals surface area (Å²) >= 11 is 15.2. The highest BCUT2D eigenvalue weighted by Crippen LogP contribution is 2.25. The van der Waals surface area contributed by atoms with Gasteiger partial charge < -0.3 is 5.32 Å². The van der Waals surface area contributed by atoms with Crippen molar-refractivity contribution in [1.82, 2.24) is 19.6 Å². The van der Waals surface area contributed by atoms with Gasteiger partial charge in [0, 0.05) is 13.2 Å². The molecule has 0 aliphatic rings. The van der Waals surface area contributed by atoms with Crippen LogP contribution in [-0.2, 0) is 13.6 Å². The smallest absolute Gasteiger partial charge is 0.302 e. The van der Waals surface area contributed by atoms with Gasteiger partial charge in [-0.15, -0.1) is 0 Å². The third kappa shape index (κ3) is 4.29. The molecule has 3 rings (SSSR count). The predicted octanol–water partition coefficient (Wildman–Crippen LogP) is 3.89. The van der Waals surface area contributed by atoms with E-state index in [2.05, 4.69) is 31.4 Å². The summed E-state index contributed by atoms with van der Waals surface area (Å²) in [5, 5.41) is 22.5. The Hall–Kier alpha value is -2.43. The van der Waals surface area contributed by atoms with Crippen molar-refractivity contribution in [3.63, 3.8) is 0 Å². The van der Waals surface area contributed by atoms with Gasteiger partial charge in [-0.05, 0) is 33.6 Å². The number of anilines is 1. The minimum absolute atomic E-state index is 0.208. The number of benzene rings is 1. The van der Waals surface area contributed by atoms with Crippen LogP contribution in [0.25, 0.3) is 0 Å². The SMILES string of the molecule is Cn1cc([N+](=O)[O-])c(C(=O)Nc2nn(Cc3ccc(Cl)c(Cl)c3)cc2Br)n1. The molecule has 140 valence electrons. The van der Waals surface area contributed by atoms with Crippen molar-refractivity contribution in [3.8, 4) is 0 Å². The van der Waals surface area contributed by atoms with Crippen molar-refractivity contribution in [2.45, 2.75) is 6.54 Å². The number of rotatable bonds is 5. The molecule has 1 N–H and O–H groups in total. The molecule has 0 bridgehead atoms. The van der Waals surface area contributed by atoms with Crippen molar-refractivity contribution in [3.05, 3.63) is 66.5 Å². The van der Waals surface area contributed by atoms with E-state index in [1.165, 1.54) is 11.7 Å². The molecule has 0 radical (unpaired) electrons. The van der Waals surface area contributed by atoms with Crippen LogP contribution in [0.4, 0.5) is 11.5 Å². The van der Waals surface area contributed by atoms with Crippen LogP contribution in [0, 0.1) is 10.1 Å². The van der Waals surface area contributed by atoms with Gasteiger partial charge in [0.1, 0.15) is 6.20 Å². The highest BCUT2D eigenvalue weighted by Gasteiger charge is 2.26. The molecule has 0 unspecified atom stereocenters. The van der Waals surface area contributed by atoms with Gasteiger partial charge in [0.15, 0.2) is 5.82 Å². The molecule has 1 aromatic carbocycles. The summed E-state index contributed by atoms with van der Waals surface area (Å²) in [5.41, 5.74) is 0.174. The van der Waals surface area contributed by atoms with E-state index < -0.39 is 10.8 Å². The van der Waals surface area contributed by atoms with Crippen LogP contribution < -0.4 is 5.32 Å². The second-order valence-corrected chi connectivity index (χ2v) is 7.19. The highest BCUT2D eigenvalue weighted by atomic mass is 79.9. The zero-order chi connectivity index (χ0) is 19.7. The number of amides is 1. The fourth-order valence-electron chi connectivity index (χ4n) is 2.33. The molecule has 9 nitrogen and oxygen atoms in total. The van der Waals surface area contributed by atoms with Gasteiger partial charge in [-0.3, -0.25) is 24.3 Å². The van der Waals surface area contributed by atoms with Gasteiger partial charge >= 0.3 is 5.69 Å². The normalized spacial score (nSPS) is 10.8. The van der Waals surface area contributed by atoms with E-state index in [0.717, 1.165) is 11.8 Å². The molecule has 0 spiro atoms. The number of hydrogen-bond acceptors (Lipinski definition) is 5. The lowest BCUT2D eigenvalue weighted by Gasteiger charge is -2.04. The minimum atomic E-state index is -0.734. The van der Waals surface area contributed by atoms with Crippen LogP contribution in [0.2, 0.25) is 10.0 Å². The molecular weight excluding hydrogens is 463 g/mol. The van der Waals surface area contributed by atoms with E-state index in [9.17, 15) is 14.9 Å². The third-order valence-corrected chi connectivity index (χ3v) is 4.82. The number of carbonyl (C=O) groups excluding carboxylic acids is 1. The molecule has 1 amide bonds. The van der Waals surface area contributed by atoms with Gasteiger partial charge in [0.2, 0.25) is 5.69 Å². The summed E-state index contributed by atoms with van der Waals surface area (Å²) in [6, 6.07) is 5.20. The van der Waals surface area contributed by atoms with E-state index in [-0.39, 0.29) is 17.2 Å². The maximum atomic E-state index is 12.4. The summed E-state index contributed by atoms with van der Waals surface area (Å²) in [7, 11) is 1.49. The molecule has 0 aliphatic carbocycles. The van der Waals surface area contributed by atoms with Gasteiger partial charge in [0.25, 0.3) is 5.91 Å². The van der Waals surface area contributed by atoms with Crippen molar-refractivity contribution >= 4 is 56.5 Å². The van der Waals surface area contributed by atoms with Gasteiger partial charge in [0.05, 0.1) is 26.0 Å². The molecule has 27 heavy (non-hydrogen) atoms. The van der Waals surface area contributed by atoms with E-state index >= 15 is 0 Å². The number of aryl methyl sites for hydroxylation is 1. The van der Waals surface area contributed by atoms with Crippen LogP contribution >= 0.6 is 39.1 Å². The van der Waals surface area contributed by atoms with E-state index in [1.807, 2.05) is 0 Å². The number of nitrogens with zero attached hydrogens (tertiary/aromatic N) is 5. The fourth-order valence-corrected chi connectivity index (χ4v) is 3.06. The molecule has 3 aromatic rings. The summed E-state index contributed by atoms with van der Waals surface area (Å²) in [6.45, 7) is 0.384. The number of nitrogens with one attached hydrogen (secondary N) is 1. The summed E-state index contributed by atoms with van der Waals surface area (Å²) in [6.07, 6.45) is 2.82. The first-order valence-corrected chi connectivity index (χ1v) is 8.95. The maximum absolute atomic E-state index is 12.4. The minimum Gasteiger partial charge on any atom is -0.302 e. The molecule has 0 saturated heterocycles. The molecule has 12 heteroatoms. The van der Waals surface area contributed by atoms with Gasteiger partial charge in [-0.1, -0.05) is 29.3 Å². The first-order valence-electron chi connectivity index (χ1n) is 7.41. The average molecular weight is 474 g/mol. The standard InChI is InChI=1S/C15H11BrCl2N6O3/c1-22-7-12(24(26)27)13(20-22)15(25)19-14-9(16)6-23(21-14)5-8-2-3-10(17)11(18)4-8/h2-4,6-7H,5H2,1H3,(H,19,21,25). The highest BCUT2D eigenvalue weighted by molar-refractivity contribution is 9.10. The number of hydrogen-bond donors (Lipinski definition) is 1. The number of aromatic nitrogens is 4. The van der Waals surface area contributed by atoms with Crippen LogP contribution in [-0.4, -0.2) is 30.4 Å². The topological polar surface area (TPSA) is 108 Å². The quantitative estimate of drug-likeness (QED) is 0.446. The van der Waals surface area contributed by atoms with Gasteiger partial charge in [-0.2, -0.15) is 10.2 Å². The van der Waals surface area contributed by atoms with Crippen molar-refractivity contribution in [1.29, 1.82) is 0 Å². The molecule has 2 aromatic heterocycles. The summed E-state index contributed by atoms with van der Waals surface area (Å²) in [5.74, 6) is -0.525. The van der Waals surface area contributed by atoms with Crippen LogP contribution in [0.3, 0.4) is 0 Å². The lowest BCUT2D eigenvalue weighted by molar-refractivity contribution is -0.385. The monoisotopic (exact) mass is 472 g/mol. The second-order valence-electron chi connectivity index (χ2n) is 5.52. The zero-order valence-corrected chi connectivity index (χ0v) is 16.8. The Balaban J connectivity index is 1.79. The fraction of sp³-hybridized carbons (Fsp3) is 0.133. The number of halogens is 3. The van der Waals surface area contributed by atoms with E-state index in [0.29, 0.717) is 21.1 Å². The Morgan fingerprint density at radius 3 is 2.70 bits per heavy atom. The Bertz CT molecular complexity index is 1050. The van der Waals surface area contributed by atoms with Crippen LogP contribution in [0.1, 0.15) is 16.1 Å². The maximum Gasteiger partial charge on any atom is 0.320 e. The Labute approximate surface area is 171 Å². The number of nitro groups is 1. The third-order valence-electron chi connectivity index (χ3n) is 3.50. The molecule has 2 heterocycles. The van der Waals surface area contributed by atoms with Gasteiger partial charge in [-0.25, -0.2) is 0 Å².